The summed E-state index contributed by atoms with van der Waals surface area (Å²) in [6.45, 7) is 0.453. The molecule has 4 rings (SSSR count). The van der Waals surface area contributed by atoms with Crippen LogP contribution in [0.5, 0.6) is 0 Å². The number of aromatic amines is 1. The fourth-order valence-corrected chi connectivity index (χ4v) is 3.03. The van der Waals surface area contributed by atoms with Crippen LogP contribution in [0.1, 0.15) is 11.4 Å². The van der Waals surface area contributed by atoms with Crippen molar-refractivity contribution in [3.05, 3.63) is 47.9 Å². The van der Waals surface area contributed by atoms with Gasteiger partial charge in [0, 0.05) is 31.8 Å². The number of H-pyrrole nitrogens is 1. The number of hydrogen-bond acceptors (Lipinski definition) is 7. The summed E-state index contributed by atoms with van der Waals surface area (Å²) >= 11 is 0. The van der Waals surface area contributed by atoms with Gasteiger partial charge in [0.2, 0.25) is 0 Å². The van der Waals surface area contributed by atoms with Gasteiger partial charge in [-0.15, -0.1) is 0 Å². The zero-order chi connectivity index (χ0) is 19.7. The standard InChI is InChI=1S/C18H16FN9/c1-28-14(2-5-25-28)11-6-10(19)7-13-16(11)27-15(26-13)3-4-22-18-12(8-20)17(21)23-9-24-18/h2,5-7,9H,3-4H2,1H3,(H,26,27)(H3,21,22,23,24). The molecule has 0 amide bonds. The number of imidazole rings is 1. The first-order chi connectivity index (χ1) is 13.6. The Balaban J connectivity index is 1.59. The van der Waals surface area contributed by atoms with E-state index in [4.69, 9.17) is 11.0 Å². The maximum absolute atomic E-state index is 14.1. The molecule has 28 heavy (non-hydrogen) atoms. The van der Waals surface area contributed by atoms with E-state index in [0.717, 1.165) is 5.69 Å². The van der Waals surface area contributed by atoms with Gasteiger partial charge in [-0.1, -0.05) is 0 Å². The van der Waals surface area contributed by atoms with Crippen molar-refractivity contribution in [3.63, 3.8) is 0 Å². The van der Waals surface area contributed by atoms with Crippen molar-refractivity contribution in [2.75, 3.05) is 17.6 Å². The predicted molar refractivity (Wildman–Crippen MR) is 102 cm³/mol. The van der Waals surface area contributed by atoms with E-state index in [9.17, 15) is 4.39 Å². The van der Waals surface area contributed by atoms with Gasteiger partial charge in [-0.25, -0.2) is 19.3 Å². The second kappa shape index (κ2) is 6.96. The first-order valence-corrected chi connectivity index (χ1v) is 8.47. The number of aryl methyl sites for hydroxylation is 1. The predicted octanol–water partition coefficient (Wildman–Crippen LogP) is 2.00. The van der Waals surface area contributed by atoms with Crippen LogP contribution in [0, 0.1) is 17.1 Å². The summed E-state index contributed by atoms with van der Waals surface area (Å²) in [5.74, 6) is 0.817. The first-order valence-electron chi connectivity index (χ1n) is 8.47. The monoisotopic (exact) mass is 377 g/mol. The van der Waals surface area contributed by atoms with Gasteiger partial charge in [-0.2, -0.15) is 10.4 Å². The summed E-state index contributed by atoms with van der Waals surface area (Å²) in [6.07, 6.45) is 3.46. The molecule has 0 fully saturated rings. The van der Waals surface area contributed by atoms with E-state index in [-0.39, 0.29) is 17.2 Å². The summed E-state index contributed by atoms with van der Waals surface area (Å²) in [7, 11) is 1.80. The summed E-state index contributed by atoms with van der Waals surface area (Å²) in [4.78, 5) is 15.6. The number of halogens is 1. The van der Waals surface area contributed by atoms with Crippen molar-refractivity contribution in [1.82, 2.24) is 29.7 Å². The zero-order valence-electron chi connectivity index (χ0n) is 14.9. The van der Waals surface area contributed by atoms with E-state index in [1.807, 2.05) is 12.1 Å². The third-order valence-electron chi connectivity index (χ3n) is 4.34. The largest absolute Gasteiger partial charge is 0.382 e. The molecular formula is C18H16FN9. The molecule has 0 aliphatic rings. The summed E-state index contributed by atoms with van der Waals surface area (Å²) < 4.78 is 15.8. The number of anilines is 2. The molecule has 0 saturated heterocycles. The van der Waals surface area contributed by atoms with Crippen molar-refractivity contribution in [2.24, 2.45) is 7.05 Å². The third-order valence-corrected chi connectivity index (χ3v) is 4.34. The van der Waals surface area contributed by atoms with Crippen LogP contribution in [-0.4, -0.2) is 36.3 Å². The number of nitrogens with two attached hydrogens (primary N) is 1. The van der Waals surface area contributed by atoms with Crippen molar-refractivity contribution >= 4 is 22.7 Å². The number of nitrogens with zero attached hydrogens (tertiary/aromatic N) is 6. The Morgan fingerprint density at radius 1 is 1.36 bits per heavy atom. The Morgan fingerprint density at radius 3 is 2.96 bits per heavy atom. The number of rotatable bonds is 5. The molecular weight excluding hydrogens is 361 g/mol. The maximum Gasteiger partial charge on any atom is 0.149 e. The van der Waals surface area contributed by atoms with Gasteiger partial charge >= 0.3 is 0 Å². The fourth-order valence-electron chi connectivity index (χ4n) is 3.03. The van der Waals surface area contributed by atoms with Crippen molar-refractivity contribution in [1.29, 1.82) is 5.26 Å². The average Bonchev–Trinajstić information content (AvgIpc) is 3.27. The van der Waals surface area contributed by atoms with Crippen LogP contribution >= 0.6 is 0 Å². The zero-order valence-corrected chi connectivity index (χ0v) is 14.9. The Labute approximate surface area is 159 Å². The van der Waals surface area contributed by atoms with Crippen molar-refractivity contribution < 1.29 is 4.39 Å². The maximum atomic E-state index is 14.1. The van der Waals surface area contributed by atoms with E-state index < -0.39 is 0 Å². The molecule has 3 heterocycles. The number of nitrogen functional groups attached to an aromatic ring is 1. The SMILES string of the molecule is Cn1nccc1-c1cc(F)cc2[nH]c(CCNc3ncnc(N)c3C#N)nc12. The molecule has 0 spiro atoms. The number of fused-ring (bicyclic) bond motifs is 1. The van der Waals surface area contributed by atoms with Crippen LogP contribution in [-0.2, 0) is 13.5 Å². The topological polar surface area (TPSA) is 134 Å². The molecule has 0 aliphatic carbocycles. The molecule has 9 nitrogen and oxygen atoms in total. The minimum Gasteiger partial charge on any atom is -0.382 e. The third kappa shape index (κ3) is 3.09. The molecule has 0 radical (unpaired) electrons. The van der Waals surface area contributed by atoms with E-state index in [1.165, 1.54) is 18.5 Å². The molecule has 0 atom stereocenters. The molecule has 0 bridgehead atoms. The fraction of sp³-hybridized carbons (Fsp3) is 0.167. The first kappa shape index (κ1) is 17.4. The smallest absolute Gasteiger partial charge is 0.149 e. The normalized spacial score (nSPS) is 10.9. The average molecular weight is 377 g/mol. The molecule has 0 aliphatic heterocycles. The van der Waals surface area contributed by atoms with Gasteiger partial charge in [0.15, 0.2) is 0 Å². The number of nitriles is 1. The molecule has 3 aromatic heterocycles. The Bertz CT molecular complexity index is 1200. The highest BCUT2D eigenvalue weighted by atomic mass is 19.1. The minimum absolute atomic E-state index is 0.125. The highest BCUT2D eigenvalue weighted by Gasteiger charge is 2.14. The molecule has 4 aromatic rings. The van der Waals surface area contributed by atoms with Crippen LogP contribution in [0.25, 0.3) is 22.3 Å². The van der Waals surface area contributed by atoms with Crippen LogP contribution in [0.15, 0.2) is 30.7 Å². The molecule has 4 N–H and O–H groups in total. The van der Waals surface area contributed by atoms with Gasteiger partial charge < -0.3 is 16.0 Å². The van der Waals surface area contributed by atoms with E-state index in [0.29, 0.717) is 41.2 Å². The summed E-state index contributed by atoms with van der Waals surface area (Å²) in [5, 5.41) is 16.4. The highest BCUT2D eigenvalue weighted by Crippen LogP contribution is 2.28. The van der Waals surface area contributed by atoms with Gasteiger partial charge in [-0.3, -0.25) is 4.68 Å². The van der Waals surface area contributed by atoms with Crippen LogP contribution in [0.3, 0.4) is 0 Å². The Kier molecular flexibility index (Phi) is 4.33. The molecule has 0 unspecified atom stereocenters. The van der Waals surface area contributed by atoms with E-state index in [1.54, 1.807) is 17.9 Å². The summed E-state index contributed by atoms with van der Waals surface area (Å²) in [6, 6.07) is 6.66. The Morgan fingerprint density at radius 2 is 2.21 bits per heavy atom. The van der Waals surface area contributed by atoms with Gasteiger partial charge in [-0.05, 0) is 18.2 Å². The van der Waals surface area contributed by atoms with E-state index in [2.05, 4.69) is 30.4 Å². The minimum atomic E-state index is -0.354. The van der Waals surface area contributed by atoms with Crippen LogP contribution < -0.4 is 11.1 Å². The number of benzene rings is 1. The Hall–Kier alpha value is -4.00. The lowest BCUT2D eigenvalue weighted by Gasteiger charge is -2.06. The molecule has 10 heteroatoms. The molecule has 140 valence electrons. The van der Waals surface area contributed by atoms with Gasteiger partial charge in [0.25, 0.3) is 0 Å². The lowest BCUT2D eigenvalue weighted by Crippen LogP contribution is -2.10. The van der Waals surface area contributed by atoms with Crippen molar-refractivity contribution in [3.8, 4) is 17.3 Å². The summed E-state index contributed by atoms with van der Waals surface area (Å²) in [5.41, 5.74) is 8.60. The quantitative estimate of drug-likeness (QED) is 0.484. The molecule has 1 aromatic carbocycles. The highest BCUT2D eigenvalue weighted by molar-refractivity contribution is 5.91. The second-order valence-electron chi connectivity index (χ2n) is 6.14. The van der Waals surface area contributed by atoms with Gasteiger partial charge in [0.05, 0.1) is 16.7 Å². The van der Waals surface area contributed by atoms with E-state index >= 15 is 0 Å². The number of nitrogens with one attached hydrogen (secondary N) is 2. The van der Waals surface area contributed by atoms with Crippen LogP contribution in [0.2, 0.25) is 0 Å². The molecule has 0 saturated carbocycles. The lowest BCUT2D eigenvalue weighted by atomic mass is 10.1. The van der Waals surface area contributed by atoms with Crippen LogP contribution in [0.4, 0.5) is 16.0 Å². The number of aromatic nitrogens is 6. The van der Waals surface area contributed by atoms with Crippen molar-refractivity contribution in [2.45, 2.75) is 6.42 Å². The lowest BCUT2D eigenvalue weighted by molar-refractivity contribution is 0.629. The van der Waals surface area contributed by atoms with Gasteiger partial charge in [0.1, 0.15) is 41.2 Å². The second-order valence-corrected chi connectivity index (χ2v) is 6.14. The number of hydrogen-bond donors (Lipinski definition) is 3.